The molecular formula is C27H23N7O2. The van der Waals surface area contributed by atoms with Crippen LogP contribution in [0.1, 0.15) is 35.1 Å². The SMILES string of the molecule is C=CC(=O)N1CCCC(Nc2c(C#N)cncc2C(=N)c2ccc(Oc3ccncc3C#N)cc2)C1. The van der Waals surface area contributed by atoms with Gasteiger partial charge in [-0.2, -0.15) is 10.5 Å². The van der Waals surface area contributed by atoms with Crippen LogP contribution in [0.25, 0.3) is 0 Å². The van der Waals surface area contributed by atoms with Crippen molar-refractivity contribution < 1.29 is 9.53 Å². The molecule has 178 valence electrons. The van der Waals surface area contributed by atoms with Crippen molar-refractivity contribution in [3.63, 3.8) is 0 Å². The van der Waals surface area contributed by atoms with Gasteiger partial charge in [0.1, 0.15) is 29.2 Å². The smallest absolute Gasteiger partial charge is 0.246 e. The molecular weight excluding hydrogens is 454 g/mol. The Morgan fingerprint density at radius 2 is 1.89 bits per heavy atom. The first-order valence-electron chi connectivity index (χ1n) is 11.3. The lowest BCUT2D eigenvalue weighted by molar-refractivity contribution is -0.127. The third-order valence-corrected chi connectivity index (χ3v) is 5.86. The van der Waals surface area contributed by atoms with Crippen LogP contribution < -0.4 is 10.1 Å². The summed E-state index contributed by atoms with van der Waals surface area (Å²) in [7, 11) is 0. The molecule has 0 radical (unpaired) electrons. The van der Waals surface area contributed by atoms with Gasteiger partial charge in [-0.3, -0.25) is 20.2 Å². The van der Waals surface area contributed by atoms with E-state index in [1.807, 2.05) is 6.07 Å². The molecule has 1 fully saturated rings. The standard InChI is InChI=1S/C27H23N7O2/c1-2-25(35)34-11-3-4-21(17-34)33-27-20(13-29)15-32-16-23(27)26(30)18-5-7-22(8-6-18)36-24-9-10-31-14-19(24)12-28/h2,5-10,14-16,21,30H,1,3-4,11,17H2,(H,32,33). The summed E-state index contributed by atoms with van der Waals surface area (Å²) in [5.74, 6) is 0.774. The second-order valence-electron chi connectivity index (χ2n) is 8.18. The minimum Gasteiger partial charge on any atom is -0.456 e. The number of carbonyl (C=O) groups excluding carboxylic acids is 1. The zero-order chi connectivity index (χ0) is 25.5. The summed E-state index contributed by atoms with van der Waals surface area (Å²) >= 11 is 0. The second-order valence-corrected chi connectivity index (χ2v) is 8.18. The fourth-order valence-electron chi connectivity index (χ4n) is 4.05. The van der Waals surface area contributed by atoms with Gasteiger partial charge in [0.05, 0.1) is 17.0 Å². The van der Waals surface area contributed by atoms with E-state index < -0.39 is 0 Å². The van der Waals surface area contributed by atoms with Crippen molar-refractivity contribution in [2.75, 3.05) is 18.4 Å². The molecule has 0 aliphatic carbocycles. The average Bonchev–Trinajstić information content (AvgIpc) is 2.93. The molecule has 1 atom stereocenters. The normalized spacial score (nSPS) is 14.7. The number of nitriles is 2. The van der Waals surface area contributed by atoms with Crippen molar-refractivity contribution in [2.45, 2.75) is 18.9 Å². The van der Waals surface area contributed by atoms with Crippen LogP contribution in [0.5, 0.6) is 11.5 Å². The van der Waals surface area contributed by atoms with Crippen molar-refractivity contribution in [1.82, 2.24) is 14.9 Å². The second kappa shape index (κ2) is 10.9. The summed E-state index contributed by atoms with van der Waals surface area (Å²) in [5, 5.41) is 31.2. The Morgan fingerprint density at radius 3 is 2.61 bits per heavy atom. The third-order valence-electron chi connectivity index (χ3n) is 5.86. The van der Waals surface area contributed by atoms with E-state index >= 15 is 0 Å². The summed E-state index contributed by atoms with van der Waals surface area (Å²) in [4.78, 5) is 21.9. The minimum atomic E-state index is -0.124. The molecule has 1 aliphatic rings. The van der Waals surface area contributed by atoms with Crippen molar-refractivity contribution in [2.24, 2.45) is 0 Å². The molecule has 2 aromatic heterocycles. The maximum Gasteiger partial charge on any atom is 0.246 e. The highest BCUT2D eigenvalue weighted by molar-refractivity contribution is 6.14. The highest BCUT2D eigenvalue weighted by Gasteiger charge is 2.24. The van der Waals surface area contributed by atoms with Crippen LogP contribution in [0.3, 0.4) is 0 Å². The average molecular weight is 478 g/mol. The number of nitrogens with one attached hydrogen (secondary N) is 2. The van der Waals surface area contributed by atoms with Crippen LogP contribution in [-0.2, 0) is 4.79 Å². The maximum absolute atomic E-state index is 12.1. The Kier molecular flexibility index (Phi) is 7.33. The molecule has 9 nitrogen and oxygen atoms in total. The van der Waals surface area contributed by atoms with Crippen molar-refractivity contribution in [3.05, 3.63) is 90.0 Å². The van der Waals surface area contributed by atoms with Gasteiger partial charge in [0.25, 0.3) is 0 Å². The van der Waals surface area contributed by atoms with E-state index in [4.69, 9.17) is 10.1 Å². The molecule has 1 aromatic carbocycles. The lowest BCUT2D eigenvalue weighted by Crippen LogP contribution is -2.44. The van der Waals surface area contributed by atoms with Gasteiger partial charge in [0.2, 0.25) is 5.91 Å². The van der Waals surface area contributed by atoms with Gasteiger partial charge in [0.15, 0.2) is 0 Å². The van der Waals surface area contributed by atoms with Crippen molar-refractivity contribution >= 4 is 17.3 Å². The molecule has 1 aliphatic heterocycles. The van der Waals surface area contributed by atoms with Crippen LogP contribution >= 0.6 is 0 Å². The molecule has 1 unspecified atom stereocenters. The van der Waals surface area contributed by atoms with E-state index in [1.165, 1.54) is 18.5 Å². The Balaban J connectivity index is 1.56. The zero-order valence-electron chi connectivity index (χ0n) is 19.4. The summed E-state index contributed by atoms with van der Waals surface area (Å²) in [6, 6.07) is 12.6. The molecule has 3 heterocycles. The molecule has 36 heavy (non-hydrogen) atoms. The van der Waals surface area contributed by atoms with E-state index in [1.54, 1.807) is 47.6 Å². The van der Waals surface area contributed by atoms with E-state index in [-0.39, 0.29) is 17.7 Å². The number of anilines is 1. The number of ether oxygens (including phenoxy) is 1. The molecule has 3 aromatic rings. The third kappa shape index (κ3) is 5.21. The summed E-state index contributed by atoms with van der Waals surface area (Å²) in [6.45, 7) is 4.71. The molecule has 2 N–H and O–H groups in total. The summed E-state index contributed by atoms with van der Waals surface area (Å²) in [6.07, 6.45) is 8.95. The van der Waals surface area contributed by atoms with Gasteiger partial charge in [-0.1, -0.05) is 6.58 Å². The lowest BCUT2D eigenvalue weighted by Gasteiger charge is -2.33. The zero-order valence-corrected chi connectivity index (χ0v) is 19.4. The number of nitrogens with zero attached hydrogens (tertiary/aromatic N) is 5. The molecule has 1 saturated heterocycles. The lowest BCUT2D eigenvalue weighted by atomic mass is 9.98. The van der Waals surface area contributed by atoms with Gasteiger partial charge in [-0.05, 0) is 43.2 Å². The predicted molar refractivity (Wildman–Crippen MR) is 134 cm³/mol. The number of hydrogen-bond donors (Lipinski definition) is 2. The Labute approximate surface area is 208 Å². The number of benzene rings is 1. The Hall–Kier alpha value is -5.02. The summed E-state index contributed by atoms with van der Waals surface area (Å²) in [5.41, 5.74) is 2.43. The number of piperidine rings is 1. The van der Waals surface area contributed by atoms with Crippen molar-refractivity contribution in [3.8, 4) is 23.6 Å². The predicted octanol–water partition coefficient (Wildman–Crippen LogP) is 4.02. The van der Waals surface area contributed by atoms with E-state index in [0.717, 1.165) is 12.8 Å². The first-order chi connectivity index (χ1) is 17.5. The first kappa shape index (κ1) is 24.1. The number of pyridine rings is 2. The fraction of sp³-hybridized carbons (Fsp3) is 0.185. The minimum absolute atomic E-state index is 0.0748. The first-order valence-corrected chi connectivity index (χ1v) is 11.3. The quantitative estimate of drug-likeness (QED) is 0.387. The van der Waals surface area contributed by atoms with Gasteiger partial charge < -0.3 is 15.0 Å². The van der Waals surface area contributed by atoms with Gasteiger partial charge in [0, 0.05) is 61.1 Å². The van der Waals surface area contributed by atoms with Crippen LogP contribution in [-0.4, -0.2) is 45.6 Å². The van der Waals surface area contributed by atoms with E-state index in [0.29, 0.717) is 52.5 Å². The number of likely N-dealkylation sites (tertiary alicyclic amines) is 1. The van der Waals surface area contributed by atoms with E-state index in [2.05, 4.69) is 27.9 Å². The molecule has 1 amide bonds. The molecule has 0 spiro atoms. The topological polar surface area (TPSA) is 139 Å². The van der Waals surface area contributed by atoms with Crippen molar-refractivity contribution in [1.29, 1.82) is 15.9 Å². The van der Waals surface area contributed by atoms with E-state index in [9.17, 15) is 15.3 Å². The summed E-state index contributed by atoms with van der Waals surface area (Å²) < 4.78 is 5.80. The van der Waals surface area contributed by atoms with Crippen LogP contribution in [0, 0.1) is 28.1 Å². The number of carbonyl (C=O) groups is 1. The van der Waals surface area contributed by atoms with Gasteiger partial charge in [-0.15, -0.1) is 0 Å². The van der Waals surface area contributed by atoms with Crippen LogP contribution in [0.4, 0.5) is 5.69 Å². The Morgan fingerprint density at radius 1 is 1.14 bits per heavy atom. The number of hydrogen-bond acceptors (Lipinski definition) is 8. The molecule has 4 rings (SSSR count). The monoisotopic (exact) mass is 477 g/mol. The number of rotatable bonds is 7. The van der Waals surface area contributed by atoms with Crippen LogP contribution in [0.2, 0.25) is 0 Å². The fourth-order valence-corrected chi connectivity index (χ4v) is 4.05. The maximum atomic E-state index is 12.1. The van der Waals surface area contributed by atoms with Gasteiger partial charge >= 0.3 is 0 Å². The largest absolute Gasteiger partial charge is 0.456 e. The van der Waals surface area contributed by atoms with Crippen LogP contribution in [0.15, 0.2) is 67.8 Å². The van der Waals surface area contributed by atoms with Gasteiger partial charge in [-0.25, -0.2) is 0 Å². The number of amides is 1. The highest BCUT2D eigenvalue weighted by atomic mass is 16.5. The Bertz CT molecular complexity index is 1390. The molecule has 9 heteroatoms. The molecule has 0 bridgehead atoms. The molecule has 0 saturated carbocycles. The number of aromatic nitrogens is 2. The highest BCUT2D eigenvalue weighted by Crippen LogP contribution is 2.28.